The second-order valence-electron chi connectivity index (χ2n) is 9.73. The van der Waals surface area contributed by atoms with Crippen molar-refractivity contribution in [1.82, 2.24) is 4.90 Å². The Morgan fingerprint density at radius 2 is 1.24 bits per heavy atom. The smallest absolute Gasteiger partial charge is 0.480 e. The molecule has 15 heteroatoms. The summed E-state index contributed by atoms with van der Waals surface area (Å²) in [6.45, 7) is 4.96. The number of carbonyl (C=O) groups is 3. The lowest BCUT2D eigenvalue weighted by molar-refractivity contribution is -0.141. The number of carboxylic acids is 1. The molecule has 3 unspecified atom stereocenters. The minimum Gasteiger partial charge on any atom is -0.480 e. The van der Waals surface area contributed by atoms with Crippen LogP contribution in [0.2, 0.25) is 0 Å². The molecule has 0 aliphatic rings. The predicted molar refractivity (Wildman–Crippen MR) is 164 cm³/mol. The number of ether oxygens (including phenoxy) is 4. The number of nitrogens with zero attached hydrogens (tertiary/aromatic N) is 2. The maximum Gasteiger partial charge on any atom is 0.510 e. The van der Waals surface area contributed by atoms with Crippen LogP contribution in [0.5, 0.6) is 0 Å². The van der Waals surface area contributed by atoms with E-state index in [1.807, 2.05) is 12.1 Å². The van der Waals surface area contributed by atoms with E-state index in [9.17, 15) is 24.1 Å². The average molecular weight is 652 g/mol. The molecule has 45 heavy (non-hydrogen) atoms. The Balaban J connectivity index is 2.28. The lowest BCUT2D eigenvalue weighted by atomic mass is 10.2. The Bertz CT molecular complexity index is 1210. The van der Waals surface area contributed by atoms with Crippen molar-refractivity contribution in [3.63, 3.8) is 0 Å². The van der Waals surface area contributed by atoms with Crippen molar-refractivity contribution in [2.45, 2.75) is 84.7 Å². The number of aliphatic carboxylic acids is 1. The van der Waals surface area contributed by atoms with E-state index >= 15 is 0 Å². The van der Waals surface area contributed by atoms with E-state index in [0.717, 1.165) is 4.90 Å². The second-order valence-corrected chi connectivity index (χ2v) is 11.3. The van der Waals surface area contributed by atoms with Gasteiger partial charge in [0, 0.05) is 19.9 Å². The third kappa shape index (κ3) is 13.6. The lowest BCUT2D eigenvalue weighted by Crippen LogP contribution is -2.45. The van der Waals surface area contributed by atoms with Gasteiger partial charge in [-0.15, -0.1) is 4.76 Å². The van der Waals surface area contributed by atoms with Gasteiger partial charge in [0.1, 0.15) is 19.3 Å². The van der Waals surface area contributed by atoms with Gasteiger partial charge in [0.2, 0.25) is 18.5 Å². The third-order valence-electron chi connectivity index (χ3n) is 6.13. The van der Waals surface area contributed by atoms with Crippen LogP contribution in [0.3, 0.4) is 0 Å². The summed E-state index contributed by atoms with van der Waals surface area (Å²) in [6.07, 6.45) is -4.15. The first-order chi connectivity index (χ1) is 21.5. The van der Waals surface area contributed by atoms with E-state index in [1.165, 1.54) is 7.05 Å². The largest absolute Gasteiger partial charge is 0.510 e. The maximum atomic E-state index is 14.2. The molecule has 0 aliphatic carbocycles. The van der Waals surface area contributed by atoms with Crippen LogP contribution in [0.4, 0.5) is 9.59 Å². The summed E-state index contributed by atoms with van der Waals surface area (Å²) in [4.78, 5) is 37.8. The molecule has 3 atom stereocenters. The summed E-state index contributed by atoms with van der Waals surface area (Å²) in [5, 5.41) is 9.56. The molecule has 3 N–H and O–H groups in total. The standard InChI is InChI=1S/C30H42N3O11P/c1-5-14-25(41-29(36)39-20-22-16-10-8-11-17-22)43-45(38,32-28(31)33(4)24(7-3)27(34)35)44-26(15-6-2)42-30(37)40-21-23-18-12-9-13-19-23/h8-13,16-19,24-26H,5-7,14-15,20-21H2,1-4H3,(H,34,35)(H2,31,32,38). The molecule has 0 heterocycles. The molecule has 248 valence electrons. The molecule has 0 aromatic heterocycles. The van der Waals surface area contributed by atoms with E-state index in [1.54, 1.807) is 69.3 Å². The summed E-state index contributed by atoms with van der Waals surface area (Å²) in [5.74, 6) is -1.70. The second kappa shape index (κ2) is 19.3. The van der Waals surface area contributed by atoms with Gasteiger partial charge in [-0.1, -0.05) is 94.3 Å². The molecule has 0 aliphatic heterocycles. The molecule has 0 bridgehead atoms. The van der Waals surface area contributed by atoms with Crippen LogP contribution in [0, 0.1) is 0 Å². The number of rotatable bonds is 18. The summed E-state index contributed by atoms with van der Waals surface area (Å²) in [5.41, 5.74) is 7.47. The lowest BCUT2D eigenvalue weighted by Gasteiger charge is -2.28. The van der Waals surface area contributed by atoms with Crippen LogP contribution in [-0.2, 0) is 50.6 Å². The fourth-order valence-electron chi connectivity index (χ4n) is 3.79. The zero-order chi connectivity index (χ0) is 33.2. The Kier molecular flexibility index (Phi) is 15.9. The molecule has 2 rings (SSSR count). The number of guanidine groups is 1. The monoisotopic (exact) mass is 651 g/mol. The summed E-state index contributed by atoms with van der Waals surface area (Å²) in [6, 6.07) is 16.6. The van der Waals surface area contributed by atoms with Gasteiger partial charge in [-0.2, -0.15) is 0 Å². The highest BCUT2D eigenvalue weighted by Crippen LogP contribution is 2.53. The fraction of sp³-hybridized carbons (Fsp3) is 0.467. The van der Waals surface area contributed by atoms with Crippen LogP contribution in [-0.4, -0.2) is 59.9 Å². The minimum absolute atomic E-state index is 0.0458. The highest BCUT2D eigenvalue weighted by atomic mass is 31.2. The Morgan fingerprint density at radius 1 is 0.822 bits per heavy atom. The van der Waals surface area contributed by atoms with Crippen molar-refractivity contribution in [3.05, 3.63) is 71.8 Å². The van der Waals surface area contributed by atoms with Gasteiger partial charge in [-0.3, -0.25) is 0 Å². The Labute approximate surface area is 263 Å². The van der Waals surface area contributed by atoms with Gasteiger partial charge < -0.3 is 34.7 Å². The van der Waals surface area contributed by atoms with Crippen molar-refractivity contribution in [2.75, 3.05) is 7.05 Å². The van der Waals surface area contributed by atoms with Crippen molar-refractivity contribution in [1.29, 1.82) is 0 Å². The number of carbonyl (C=O) groups excluding carboxylic acids is 2. The van der Waals surface area contributed by atoms with Gasteiger partial charge in [0.25, 0.3) is 0 Å². The van der Waals surface area contributed by atoms with Crippen LogP contribution >= 0.6 is 7.75 Å². The first-order valence-electron chi connectivity index (χ1n) is 14.5. The fourth-order valence-corrected chi connectivity index (χ4v) is 5.22. The first kappa shape index (κ1) is 37.1. The molecule has 0 saturated heterocycles. The topological polar surface area (TPSA) is 186 Å². The van der Waals surface area contributed by atoms with Gasteiger partial charge in [0.15, 0.2) is 0 Å². The van der Waals surface area contributed by atoms with E-state index in [2.05, 4.69) is 4.76 Å². The van der Waals surface area contributed by atoms with Crippen molar-refractivity contribution in [3.8, 4) is 0 Å². The quantitative estimate of drug-likeness (QED) is 0.0611. The number of benzene rings is 2. The van der Waals surface area contributed by atoms with Gasteiger partial charge in [-0.05, 0) is 17.5 Å². The molecule has 0 radical (unpaired) electrons. The van der Waals surface area contributed by atoms with Crippen molar-refractivity contribution in [2.24, 2.45) is 10.5 Å². The normalized spacial score (nSPS) is 14.7. The van der Waals surface area contributed by atoms with Crippen LogP contribution in [0.15, 0.2) is 65.4 Å². The van der Waals surface area contributed by atoms with Crippen LogP contribution in [0.25, 0.3) is 0 Å². The van der Waals surface area contributed by atoms with Crippen LogP contribution < -0.4 is 5.73 Å². The molecular weight excluding hydrogens is 609 g/mol. The molecular formula is C30H42N3O11P. The Morgan fingerprint density at radius 3 is 1.60 bits per heavy atom. The summed E-state index contributed by atoms with van der Waals surface area (Å²) < 4.78 is 50.2. The zero-order valence-electron chi connectivity index (χ0n) is 25.9. The molecule has 2 aromatic carbocycles. The van der Waals surface area contributed by atoms with Crippen molar-refractivity contribution < 1.29 is 52.1 Å². The number of hydrogen-bond donors (Lipinski definition) is 2. The molecule has 0 amide bonds. The highest BCUT2D eigenvalue weighted by Gasteiger charge is 2.37. The SMILES string of the molecule is CCCC(OC(=O)OCc1ccccc1)OP(=O)(N=C(N)N(C)C(CC)C(=O)O)OC(CCC)OC(=O)OCc1ccccc1. The number of hydrogen-bond acceptors (Lipinski definition) is 10. The minimum atomic E-state index is -4.79. The predicted octanol–water partition coefficient (Wildman–Crippen LogP) is 6.20. The molecule has 0 saturated carbocycles. The van der Waals surface area contributed by atoms with Gasteiger partial charge >= 0.3 is 26.0 Å². The van der Waals surface area contributed by atoms with E-state index in [-0.39, 0.29) is 32.5 Å². The van der Waals surface area contributed by atoms with Crippen molar-refractivity contribution >= 4 is 32.0 Å². The molecule has 14 nitrogen and oxygen atoms in total. The van der Waals surface area contributed by atoms with Gasteiger partial charge in [-0.25, -0.2) is 28.0 Å². The number of nitrogens with two attached hydrogens (primary N) is 1. The van der Waals surface area contributed by atoms with E-state index < -0.39 is 50.6 Å². The summed E-state index contributed by atoms with van der Waals surface area (Å²) in [7, 11) is -3.44. The highest BCUT2D eigenvalue weighted by molar-refractivity contribution is 7.52. The van der Waals surface area contributed by atoms with Gasteiger partial charge in [0.05, 0.1) is 0 Å². The van der Waals surface area contributed by atoms with E-state index in [0.29, 0.717) is 24.0 Å². The molecule has 2 aromatic rings. The average Bonchev–Trinajstić information content (AvgIpc) is 3.00. The van der Waals surface area contributed by atoms with Crippen LogP contribution in [0.1, 0.15) is 64.0 Å². The number of carboxylic acid groups (broad SMARTS) is 1. The maximum absolute atomic E-state index is 14.2. The molecule has 0 fully saturated rings. The zero-order valence-corrected chi connectivity index (χ0v) is 26.8. The first-order valence-corrected chi connectivity index (χ1v) is 16.0. The summed E-state index contributed by atoms with van der Waals surface area (Å²) >= 11 is 0. The number of likely N-dealkylation sites (N-methyl/N-ethyl adjacent to an activating group) is 1. The Hall–Kier alpha value is -4.13. The third-order valence-corrected chi connectivity index (χ3v) is 7.58. The molecule has 0 spiro atoms. The van der Waals surface area contributed by atoms with E-state index in [4.69, 9.17) is 33.7 Å².